The number of aliphatic carboxylic acids is 3. The summed E-state index contributed by atoms with van der Waals surface area (Å²) in [6, 6.07) is 0. The normalized spacial score (nSPS) is 9.52. The van der Waals surface area contributed by atoms with Crippen molar-refractivity contribution < 1.29 is 83.6 Å². The van der Waals surface area contributed by atoms with Gasteiger partial charge in [-0.3, -0.25) is 0 Å². The predicted octanol–water partition coefficient (Wildman–Crippen LogP) is -11.2. The fourth-order valence-electron chi connectivity index (χ4n) is 0.684. The molecule has 0 saturated carbocycles. The van der Waals surface area contributed by atoms with Gasteiger partial charge in [-0.1, -0.05) is 0 Å². The predicted molar refractivity (Wildman–Crippen MR) is 50.5 cm³/mol. The van der Waals surface area contributed by atoms with E-state index >= 15 is 0 Å². The maximum atomic E-state index is 10.1. The van der Waals surface area contributed by atoms with E-state index in [1.165, 1.54) is 0 Å². The van der Waals surface area contributed by atoms with Gasteiger partial charge in [0, 0.05) is 24.8 Å². The molecule has 11 nitrogen and oxygen atoms in total. The van der Waals surface area contributed by atoms with Crippen molar-refractivity contribution in [3.8, 4) is 0 Å². The molecule has 0 aliphatic carbocycles. The van der Waals surface area contributed by atoms with Gasteiger partial charge in [0.2, 0.25) is 0 Å². The van der Waals surface area contributed by atoms with Crippen LogP contribution in [0.3, 0.4) is 0 Å². The van der Waals surface area contributed by atoms with Crippen LogP contribution in [-0.2, 0) is 18.9 Å². The van der Waals surface area contributed by atoms with Crippen LogP contribution in [-0.4, -0.2) is 109 Å². The van der Waals surface area contributed by atoms with E-state index in [0.717, 1.165) is 0 Å². The molecule has 0 heterocycles. The average Bonchev–Trinajstić information content (AvgIpc) is 1.95. The van der Waals surface area contributed by atoms with Crippen LogP contribution < -0.4 is 54.7 Å². The fourth-order valence-corrected chi connectivity index (χ4v) is 0.684. The van der Waals surface area contributed by atoms with E-state index in [1.807, 2.05) is 0 Å². The smallest absolute Gasteiger partial charge is 0.790 e. The molecule has 2 N–H and O–H groups in total. The summed E-state index contributed by atoms with van der Waals surface area (Å²) in [5, 5.41) is 38.9. The fraction of sp³-hybridized carbons (Fsp3) is 0.500. The molecule has 0 atom stereocenters. The van der Waals surface area contributed by atoms with Gasteiger partial charge < -0.3 is 54.1 Å². The zero-order chi connectivity index (χ0) is 15.1. The Morgan fingerprint density at radius 1 is 0.952 bits per heavy atom. The number of phosphoric acid groups is 1. The summed E-state index contributed by atoms with van der Waals surface area (Å²) in [7, 11) is -5.14. The molecule has 0 radical (unpaired) electrons. The van der Waals surface area contributed by atoms with Crippen LogP contribution in [0.15, 0.2) is 0 Å². The Labute approximate surface area is 200 Å². The van der Waals surface area contributed by atoms with Crippen LogP contribution in [0, 0.1) is 0 Å². The quantitative estimate of drug-likeness (QED) is 0.332. The van der Waals surface area contributed by atoms with Gasteiger partial charge >= 0.3 is 105 Å². The van der Waals surface area contributed by atoms with E-state index in [4.69, 9.17) is 24.4 Å². The van der Waals surface area contributed by atoms with Crippen molar-refractivity contribution in [3.63, 3.8) is 0 Å². The molecular weight excluding hydrogens is 382 g/mol. The first-order valence-corrected chi connectivity index (χ1v) is 5.36. The van der Waals surface area contributed by atoms with Gasteiger partial charge in [-0.25, -0.2) is 0 Å². The van der Waals surface area contributed by atoms with Gasteiger partial charge in [-0.2, -0.15) is 0 Å². The second kappa shape index (κ2) is 15.5. The molecule has 0 aromatic heterocycles. The van der Waals surface area contributed by atoms with Crippen molar-refractivity contribution in [2.75, 3.05) is 0 Å². The molecule has 0 fully saturated rings. The van der Waals surface area contributed by atoms with Gasteiger partial charge in [-0.05, 0) is 0 Å². The van der Waals surface area contributed by atoms with Gasteiger partial charge in [-0.15, -0.1) is 0 Å². The maximum Gasteiger partial charge on any atom is 2.00 e. The largest absolute Gasteiger partial charge is 2.00 e. The SMILES string of the molecule is O=C([O-])CC(O)(CC(=O)[O-])C(=O)[O-].O=P([O-])([O-])O.[Ca+2].[Ca+2].[Na+]. The van der Waals surface area contributed by atoms with E-state index in [9.17, 15) is 29.7 Å². The molecule has 0 aliphatic rings. The number of hydrogen-bond donors (Lipinski definition) is 2. The third kappa shape index (κ3) is 27.2. The summed E-state index contributed by atoms with van der Waals surface area (Å²) in [5.41, 5.74) is -2.97. The summed E-state index contributed by atoms with van der Waals surface area (Å²) in [6.45, 7) is 0. The second-order valence-electron chi connectivity index (χ2n) is 2.89. The summed E-state index contributed by atoms with van der Waals surface area (Å²) >= 11 is 0. The Balaban J connectivity index is -0.0000000933. The van der Waals surface area contributed by atoms with Gasteiger partial charge in [0.1, 0.15) is 5.60 Å². The number of carboxylic acid groups (broad SMARTS) is 3. The first-order chi connectivity index (χ1) is 7.78. The summed E-state index contributed by atoms with van der Waals surface area (Å²) in [5.74, 6) is -5.98. The maximum absolute atomic E-state index is 10.1. The van der Waals surface area contributed by atoms with Gasteiger partial charge in [0.15, 0.2) is 0 Å². The Hall–Kier alpha value is 2.00. The first-order valence-electron chi connectivity index (χ1n) is 3.86. The Morgan fingerprint density at radius 3 is 1.24 bits per heavy atom. The minimum Gasteiger partial charge on any atom is -0.790 e. The zero-order valence-corrected chi connectivity index (χ0v) is 18.2. The number of rotatable bonds is 5. The van der Waals surface area contributed by atoms with Crippen LogP contribution in [0.1, 0.15) is 12.8 Å². The molecule has 0 amide bonds. The molecule has 15 heteroatoms. The standard InChI is InChI=1S/C6H8O7.2Ca.Na.H3O4P/c7-3(8)1-6(13,5(11)12)2-4(9)10;;;;1-5(2,3)4/h13H,1-2H2,(H,7,8)(H,9,10)(H,11,12);;;;(H3,1,2,3,4)/q;2*+2;+1;/p-5. The van der Waals surface area contributed by atoms with Crippen molar-refractivity contribution in [2.24, 2.45) is 0 Å². The summed E-state index contributed by atoms with van der Waals surface area (Å²) in [4.78, 5) is 54.3. The molecule has 0 spiro atoms. The molecule has 0 aliphatic heterocycles. The van der Waals surface area contributed by atoms with Crippen LogP contribution in [0.5, 0.6) is 0 Å². The molecule has 0 rings (SSSR count). The molecule has 106 valence electrons. The molecule has 0 aromatic carbocycles. The van der Waals surface area contributed by atoms with E-state index in [0.29, 0.717) is 0 Å². The minimum absolute atomic E-state index is 0. The molecule has 0 saturated heterocycles. The summed E-state index contributed by atoms with van der Waals surface area (Å²) in [6.07, 6.45) is -2.72. The van der Waals surface area contributed by atoms with E-state index < -0.39 is 44.2 Å². The molecular formula is C6H6Ca2NaO11P. The average molecular weight is 388 g/mol. The summed E-state index contributed by atoms with van der Waals surface area (Å²) < 4.78 is 8.66. The minimum atomic E-state index is -5.14. The number of hydrogen-bond acceptors (Lipinski definition) is 10. The topological polar surface area (TPSA) is 224 Å². The van der Waals surface area contributed by atoms with Gasteiger partial charge in [0.25, 0.3) is 0 Å². The van der Waals surface area contributed by atoms with Crippen LogP contribution in [0.4, 0.5) is 0 Å². The third-order valence-electron chi connectivity index (χ3n) is 1.25. The monoisotopic (exact) mass is 388 g/mol. The number of aliphatic hydroxyl groups is 1. The molecule has 0 bridgehead atoms. The Morgan fingerprint density at radius 2 is 1.14 bits per heavy atom. The molecule has 0 unspecified atom stereocenters. The first kappa shape index (κ1) is 34.4. The second-order valence-corrected chi connectivity index (χ2v) is 3.82. The Bertz CT molecular complexity index is 359. The molecule has 0 aromatic rings. The van der Waals surface area contributed by atoms with Crippen molar-refractivity contribution in [3.05, 3.63) is 0 Å². The van der Waals surface area contributed by atoms with E-state index in [-0.39, 0.29) is 105 Å². The zero-order valence-electron chi connectivity index (χ0n) is 10.8. The van der Waals surface area contributed by atoms with Crippen molar-refractivity contribution in [1.82, 2.24) is 0 Å². The Kier molecular flexibility index (Phi) is 25.4. The van der Waals surface area contributed by atoms with Crippen molar-refractivity contribution >= 4 is 101 Å². The van der Waals surface area contributed by atoms with E-state index in [1.54, 1.807) is 0 Å². The van der Waals surface area contributed by atoms with Crippen LogP contribution in [0.2, 0.25) is 0 Å². The molecule has 21 heavy (non-hydrogen) atoms. The van der Waals surface area contributed by atoms with Crippen molar-refractivity contribution in [1.29, 1.82) is 0 Å². The van der Waals surface area contributed by atoms with Crippen LogP contribution >= 0.6 is 7.82 Å². The number of carboxylic acids is 3. The third-order valence-corrected chi connectivity index (χ3v) is 1.25. The van der Waals surface area contributed by atoms with Crippen LogP contribution in [0.25, 0.3) is 0 Å². The number of carbonyl (C=O) groups excluding carboxylic acids is 3. The number of carbonyl (C=O) groups is 3. The van der Waals surface area contributed by atoms with Crippen molar-refractivity contribution in [2.45, 2.75) is 18.4 Å². The van der Waals surface area contributed by atoms with Gasteiger partial charge in [0.05, 0.1) is 13.8 Å². The van der Waals surface area contributed by atoms with E-state index in [2.05, 4.69) is 0 Å².